The molecule has 0 spiro atoms. The number of carbonyl (C=O) groups is 1. The van der Waals surface area contributed by atoms with Crippen molar-refractivity contribution in [2.75, 3.05) is 7.11 Å². The molecule has 1 aliphatic heterocycles. The Balaban J connectivity index is 2.69. The molecule has 1 aliphatic rings. The molecule has 5 heteroatoms. The highest BCUT2D eigenvalue weighted by molar-refractivity contribution is 5.78. The van der Waals surface area contributed by atoms with E-state index in [0.29, 0.717) is 0 Å². The van der Waals surface area contributed by atoms with Gasteiger partial charge >= 0.3 is 5.97 Å². The first-order chi connectivity index (χ1) is 7.76. The number of hydrogen-bond acceptors (Lipinski definition) is 5. The Bertz CT molecular complexity index is 305. The summed E-state index contributed by atoms with van der Waals surface area (Å²) in [6.45, 7) is 5.93. The fourth-order valence-electron chi connectivity index (χ4n) is 1.59. The van der Waals surface area contributed by atoms with Crippen LogP contribution in [0.1, 0.15) is 20.8 Å². The Labute approximate surface area is 101 Å². The van der Waals surface area contributed by atoms with E-state index in [-0.39, 0.29) is 5.41 Å². The van der Waals surface area contributed by atoms with E-state index in [1.807, 2.05) is 20.8 Å². The second-order valence-electron chi connectivity index (χ2n) is 5.26. The molecule has 1 unspecified atom stereocenters. The SMILES string of the molecule is CO[C@H]1C(=O)O[C@@H](C(O)/C=C/C(C)(C)C)[C@H]1O. The lowest BCUT2D eigenvalue weighted by atomic mass is 9.94. The quantitative estimate of drug-likeness (QED) is 0.550. The number of aliphatic hydroxyl groups is 2. The topological polar surface area (TPSA) is 76.0 Å². The number of rotatable bonds is 3. The Morgan fingerprint density at radius 1 is 1.47 bits per heavy atom. The maximum atomic E-state index is 11.3. The van der Waals surface area contributed by atoms with Crippen molar-refractivity contribution in [3.05, 3.63) is 12.2 Å². The lowest BCUT2D eigenvalue weighted by Gasteiger charge is -2.19. The van der Waals surface area contributed by atoms with E-state index in [1.54, 1.807) is 6.08 Å². The third-order valence-electron chi connectivity index (χ3n) is 2.52. The van der Waals surface area contributed by atoms with E-state index in [0.717, 1.165) is 0 Å². The van der Waals surface area contributed by atoms with Gasteiger partial charge in [0.15, 0.2) is 12.2 Å². The van der Waals surface area contributed by atoms with Gasteiger partial charge in [-0.15, -0.1) is 0 Å². The molecule has 0 radical (unpaired) electrons. The van der Waals surface area contributed by atoms with Gasteiger partial charge in [-0.05, 0) is 5.41 Å². The van der Waals surface area contributed by atoms with Gasteiger partial charge in [0.1, 0.15) is 12.2 Å². The molecule has 5 nitrogen and oxygen atoms in total. The first kappa shape index (κ1) is 14.2. The summed E-state index contributed by atoms with van der Waals surface area (Å²) in [7, 11) is 1.31. The van der Waals surface area contributed by atoms with Crippen LogP contribution < -0.4 is 0 Å². The zero-order valence-corrected chi connectivity index (χ0v) is 10.6. The van der Waals surface area contributed by atoms with Crippen LogP contribution in [-0.2, 0) is 14.3 Å². The van der Waals surface area contributed by atoms with Gasteiger partial charge in [-0.2, -0.15) is 0 Å². The van der Waals surface area contributed by atoms with Gasteiger partial charge in [0.25, 0.3) is 0 Å². The Hall–Kier alpha value is -0.910. The molecular formula is C12H20O5. The van der Waals surface area contributed by atoms with Crippen LogP contribution in [0.3, 0.4) is 0 Å². The molecule has 98 valence electrons. The minimum absolute atomic E-state index is 0.0881. The smallest absolute Gasteiger partial charge is 0.338 e. The van der Waals surface area contributed by atoms with E-state index < -0.39 is 30.4 Å². The van der Waals surface area contributed by atoms with Crippen molar-refractivity contribution in [2.24, 2.45) is 5.41 Å². The van der Waals surface area contributed by atoms with Crippen LogP contribution in [0.4, 0.5) is 0 Å². The molecule has 1 heterocycles. The van der Waals surface area contributed by atoms with Crippen molar-refractivity contribution in [1.29, 1.82) is 0 Å². The van der Waals surface area contributed by atoms with Gasteiger partial charge in [0.2, 0.25) is 0 Å². The summed E-state index contributed by atoms with van der Waals surface area (Å²) in [6, 6.07) is 0. The predicted octanol–water partition coefficient (Wildman–Crippen LogP) is 0.251. The molecule has 0 aliphatic carbocycles. The average molecular weight is 244 g/mol. The fraction of sp³-hybridized carbons (Fsp3) is 0.750. The lowest BCUT2D eigenvalue weighted by molar-refractivity contribution is -0.150. The maximum Gasteiger partial charge on any atom is 0.338 e. The number of cyclic esters (lactones) is 1. The van der Waals surface area contributed by atoms with Crippen molar-refractivity contribution >= 4 is 5.97 Å². The minimum Gasteiger partial charge on any atom is -0.454 e. The molecule has 0 aromatic heterocycles. The van der Waals surface area contributed by atoms with E-state index in [2.05, 4.69) is 0 Å². The number of esters is 1. The van der Waals surface area contributed by atoms with E-state index in [4.69, 9.17) is 9.47 Å². The molecule has 0 aromatic carbocycles. The second-order valence-corrected chi connectivity index (χ2v) is 5.26. The number of aliphatic hydroxyl groups excluding tert-OH is 2. The van der Waals surface area contributed by atoms with Crippen LogP contribution in [0.15, 0.2) is 12.2 Å². The third-order valence-corrected chi connectivity index (χ3v) is 2.52. The zero-order valence-electron chi connectivity index (χ0n) is 10.6. The molecule has 0 amide bonds. The molecule has 1 saturated heterocycles. The van der Waals surface area contributed by atoms with Crippen molar-refractivity contribution < 1.29 is 24.5 Å². The second kappa shape index (κ2) is 5.16. The van der Waals surface area contributed by atoms with Crippen LogP contribution in [0.25, 0.3) is 0 Å². The van der Waals surface area contributed by atoms with Gasteiger partial charge in [0.05, 0.1) is 0 Å². The highest BCUT2D eigenvalue weighted by Crippen LogP contribution is 2.23. The Morgan fingerprint density at radius 2 is 2.06 bits per heavy atom. The van der Waals surface area contributed by atoms with Gasteiger partial charge in [-0.1, -0.05) is 32.9 Å². The zero-order chi connectivity index (χ0) is 13.2. The molecule has 0 saturated carbocycles. The summed E-state index contributed by atoms with van der Waals surface area (Å²) in [5.74, 6) is -0.645. The lowest BCUT2D eigenvalue weighted by Crippen LogP contribution is -2.38. The molecule has 17 heavy (non-hydrogen) atoms. The highest BCUT2D eigenvalue weighted by atomic mass is 16.6. The maximum absolute atomic E-state index is 11.3. The highest BCUT2D eigenvalue weighted by Gasteiger charge is 2.46. The fourth-order valence-corrected chi connectivity index (χ4v) is 1.59. The van der Waals surface area contributed by atoms with Crippen LogP contribution in [0.5, 0.6) is 0 Å². The Kier molecular flexibility index (Phi) is 4.30. The summed E-state index contributed by atoms with van der Waals surface area (Å²) in [5.41, 5.74) is -0.0881. The number of ether oxygens (including phenoxy) is 2. The summed E-state index contributed by atoms with van der Waals surface area (Å²) in [5, 5.41) is 19.6. The largest absolute Gasteiger partial charge is 0.454 e. The summed E-state index contributed by atoms with van der Waals surface area (Å²) in [6.07, 6.45) is -0.832. The summed E-state index contributed by atoms with van der Waals surface area (Å²) in [4.78, 5) is 11.3. The normalized spacial score (nSPS) is 31.9. The molecule has 1 fully saturated rings. The van der Waals surface area contributed by atoms with E-state index in [9.17, 15) is 15.0 Å². The summed E-state index contributed by atoms with van der Waals surface area (Å²) >= 11 is 0. The number of methoxy groups -OCH3 is 1. The van der Waals surface area contributed by atoms with Gasteiger partial charge in [-0.3, -0.25) is 0 Å². The molecular weight excluding hydrogens is 224 g/mol. The van der Waals surface area contributed by atoms with Crippen molar-refractivity contribution in [3.63, 3.8) is 0 Å². The van der Waals surface area contributed by atoms with Crippen LogP contribution >= 0.6 is 0 Å². The van der Waals surface area contributed by atoms with Crippen LogP contribution in [-0.4, -0.2) is 47.7 Å². The molecule has 0 bridgehead atoms. The van der Waals surface area contributed by atoms with Crippen LogP contribution in [0.2, 0.25) is 0 Å². The molecule has 0 aromatic rings. The average Bonchev–Trinajstić information content (AvgIpc) is 2.49. The minimum atomic E-state index is -1.15. The third kappa shape index (κ3) is 3.52. The van der Waals surface area contributed by atoms with Crippen molar-refractivity contribution in [3.8, 4) is 0 Å². The Morgan fingerprint density at radius 3 is 2.47 bits per heavy atom. The van der Waals surface area contributed by atoms with Gasteiger partial charge in [-0.25, -0.2) is 4.79 Å². The monoisotopic (exact) mass is 244 g/mol. The number of allylic oxidation sites excluding steroid dienone is 1. The summed E-state index contributed by atoms with van der Waals surface area (Å²) < 4.78 is 9.69. The first-order valence-corrected chi connectivity index (χ1v) is 5.55. The van der Waals surface area contributed by atoms with Crippen LogP contribution in [0, 0.1) is 5.41 Å². The van der Waals surface area contributed by atoms with Crippen molar-refractivity contribution in [1.82, 2.24) is 0 Å². The van der Waals surface area contributed by atoms with Gasteiger partial charge < -0.3 is 19.7 Å². The number of carbonyl (C=O) groups excluding carboxylic acids is 1. The van der Waals surface area contributed by atoms with E-state index in [1.165, 1.54) is 13.2 Å². The van der Waals surface area contributed by atoms with Crippen molar-refractivity contribution in [2.45, 2.75) is 45.2 Å². The predicted molar refractivity (Wildman–Crippen MR) is 61.3 cm³/mol. The molecule has 1 rings (SSSR count). The number of hydrogen-bond donors (Lipinski definition) is 2. The van der Waals surface area contributed by atoms with Gasteiger partial charge in [0, 0.05) is 7.11 Å². The molecule has 4 atom stereocenters. The molecule has 2 N–H and O–H groups in total. The first-order valence-electron chi connectivity index (χ1n) is 5.55. The standard InChI is InChI=1S/C12H20O5/c1-12(2,3)6-5-7(13)9-8(14)10(16-4)11(15)17-9/h5-10,13-14H,1-4H3/b6-5+/t7?,8-,9+,10-/m1/s1. The van der Waals surface area contributed by atoms with E-state index >= 15 is 0 Å².